The molecular formula is C19H15ClN4S. The summed E-state index contributed by atoms with van der Waals surface area (Å²) in [5.41, 5.74) is 5.97. The highest BCUT2D eigenvalue weighted by Crippen LogP contribution is 2.20. The molecule has 3 aromatic rings. The Balaban J connectivity index is 1.82. The first-order valence-corrected chi connectivity index (χ1v) is 8.39. The second-order valence-corrected chi connectivity index (χ2v) is 5.90. The topological polar surface area (TPSA) is 49.3 Å². The molecule has 124 valence electrons. The Morgan fingerprint density at radius 1 is 0.920 bits per heavy atom. The largest absolute Gasteiger partial charge is 0.330 e. The van der Waals surface area contributed by atoms with Gasteiger partial charge >= 0.3 is 0 Å². The van der Waals surface area contributed by atoms with Crippen molar-refractivity contribution in [1.82, 2.24) is 10.4 Å². The van der Waals surface area contributed by atoms with E-state index in [2.05, 4.69) is 20.8 Å². The Kier molecular flexibility index (Phi) is 5.72. The molecule has 1 aromatic heterocycles. The van der Waals surface area contributed by atoms with E-state index in [0.717, 1.165) is 16.9 Å². The van der Waals surface area contributed by atoms with Gasteiger partial charge in [-0.25, -0.2) is 0 Å². The smallest absolute Gasteiger partial charge is 0.191 e. The summed E-state index contributed by atoms with van der Waals surface area (Å²) in [5.74, 6) is 0. The first-order chi connectivity index (χ1) is 12.2. The fourth-order valence-corrected chi connectivity index (χ4v) is 2.53. The van der Waals surface area contributed by atoms with E-state index < -0.39 is 0 Å². The van der Waals surface area contributed by atoms with Crippen molar-refractivity contribution >= 4 is 40.3 Å². The standard InChI is InChI=1S/C19H15ClN4S/c20-15-10-4-5-11-16(15)22-19(25)24-23-18(14-8-2-1-3-9-14)17-12-6-7-13-21-17/h1-13H,(H2,22,24,25)/b23-18+. The Morgan fingerprint density at radius 3 is 2.36 bits per heavy atom. The van der Waals surface area contributed by atoms with E-state index in [1.54, 1.807) is 12.3 Å². The number of hydrazone groups is 1. The normalized spacial score (nSPS) is 11.0. The average molecular weight is 367 g/mol. The zero-order valence-electron chi connectivity index (χ0n) is 13.2. The minimum atomic E-state index is 0.345. The molecule has 0 aliphatic rings. The van der Waals surface area contributed by atoms with Crippen molar-refractivity contribution in [3.63, 3.8) is 0 Å². The first-order valence-electron chi connectivity index (χ1n) is 7.60. The van der Waals surface area contributed by atoms with E-state index >= 15 is 0 Å². The molecule has 0 aliphatic heterocycles. The number of pyridine rings is 1. The number of thiocarbonyl (C=S) groups is 1. The molecule has 0 bridgehead atoms. The summed E-state index contributed by atoms with van der Waals surface area (Å²) in [6.45, 7) is 0. The number of aromatic nitrogens is 1. The number of benzene rings is 2. The number of nitrogens with one attached hydrogen (secondary N) is 2. The van der Waals surface area contributed by atoms with Crippen LogP contribution in [-0.2, 0) is 0 Å². The summed E-state index contributed by atoms with van der Waals surface area (Å²) in [6.07, 6.45) is 1.73. The zero-order chi connectivity index (χ0) is 17.5. The van der Waals surface area contributed by atoms with Crippen LogP contribution in [0.2, 0.25) is 5.02 Å². The average Bonchev–Trinajstić information content (AvgIpc) is 2.66. The van der Waals surface area contributed by atoms with Crippen molar-refractivity contribution in [3.05, 3.63) is 95.3 Å². The number of halogens is 1. The van der Waals surface area contributed by atoms with Crippen LogP contribution in [0.5, 0.6) is 0 Å². The van der Waals surface area contributed by atoms with Gasteiger partial charge in [-0.1, -0.05) is 60.1 Å². The van der Waals surface area contributed by atoms with Crippen LogP contribution in [0.1, 0.15) is 11.3 Å². The summed E-state index contributed by atoms with van der Waals surface area (Å²) >= 11 is 11.4. The highest BCUT2D eigenvalue weighted by atomic mass is 35.5. The van der Waals surface area contributed by atoms with Gasteiger partial charge in [-0.3, -0.25) is 10.4 Å². The predicted octanol–water partition coefficient (Wildman–Crippen LogP) is 4.47. The highest BCUT2D eigenvalue weighted by molar-refractivity contribution is 7.80. The van der Waals surface area contributed by atoms with E-state index in [1.165, 1.54) is 0 Å². The summed E-state index contributed by atoms with van der Waals surface area (Å²) in [5, 5.41) is 8.41. The number of anilines is 1. The zero-order valence-corrected chi connectivity index (χ0v) is 14.8. The third kappa shape index (κ3) is 4.62. The highest BCUT2D eigenvalue weighted by Gasteiger charge is 2.08. The minimum absolute atomic E-state index is 0.345. The minimum Gasteiger partial charge on any atom is -0.330 e. The predicted molar refractivity (Wildman–Crippen MR) is 107 cm³/mol. The van der Waals surface area contributed by atoms with Crippen LogP contribution in [0.15, 0.2) is 84.1 Å². The van der Waals surface area contributed by atoms with Gasteiger partial charge in [0.2, 0.25) is 0 Å². The lowest BCUT2D eigenvalue weighted by Crippen LogP contribution is -2.26. The third-order valence-electron chi connectivity index (χ3n) is 3.35. The van der Waals surface area contributed by atoms with Crippen molar-refractivity contribution in [2.75, 3.05) is 5.32 Å². The summed E-state index contributed by atoms with van der Waals surface area (Å²) < 4.78 is 0. The second kappa shape index (κ2) is 8.37. The van der Waals surface area contributed by atoms with Crippen molar-refractivity contribution in [3.8, 4) is 0 Å². The van der Waals surface area contributed by atoms with Gasteiger partial charge in [-0.15, -0.1) is 0 Å². The van der Waals surface area contributed by atoms with Crippen molar-refractivity contribution in [1.29, 1.82) is 0 Å². The van der Waals surface area contributed by atoms with Gasteiger partial charge < -0.3 is 5.32 Å². The maximum absolute atomic E-state index is 6.13. The van der Waals surface area contributed by atoms with Crippen molar-refractivity contribution in [2.45, 2.75) is 0 Å². The van der Waals surface area contributed by atoms with Gasteiger partial charge in [0.25, 0.3) is 0 Å². The number of nitrogens with zero attached hydrogens (tertiary/aromatic N) is 2. The lowest BCUT2D eigenvalue weighted by atomic mass is 10.1. The Labute approximate surface area is 156 Å². The van der Waals surface area contributed by atoms with Gasteiger partial charge in [-0.2, -0.15) is 5.10 Å². The third-order valence-corrected chi connectivity index (χ3v) is 3.87. The van der Waals surface area contributed by atoms with Crippen molar-refractivity contribution < 1.29 is 0 Å². The lowest BCUT2D eigenvalue weighted by Gasteiger charge is -2.11. The van der Waals surface area contributed by atoms with Gasteiger partial charge in [0.05, 0.1) is 16.4 Å². The number of para-hydroxylation sites is 1. The Hall–Kier alpha value is -2.76. The van der Waals surface area contributed by atoms with Crippen molar-refractivity contribution in [2.24, 2.45) is 5.10 Å². The van der Waals surface area contributed by atoms with Crippen LogP contribution in [0.25, 0.3) is 0 Å². The van der Waals surface area contributed by atoms with Gasteiger partial charge in [0, 0.05) is 11.8 Å². The molecule has 0 saturated heterocycles. The lowest BCUT2D eigenvalue weighted by molar-refractivity contribution is 1.04. The monoisotopic (exact) mass is 366 g/mol. The molecule has 6 heteroatoms. The van der Waals surface area contributed by atoms with Crippen LogP contribution in [-0.4, -0.2) is 15.8 Å². The van der Waals surface area contributed by atoms with E-state index in [1.807, 2.05) is 66.7 Å². The van der Waals surface area contributed by atoms with E-state index in [4.69, 9.17) is 23.8 Å². The molecule has 1 heterocycles. The summed E-state index contributed by atoms with van der Waals surface area (Å²) in [7, 11) is 0. The Morgan fingerprint density at radius 2 is 1.64 bits per heavy atom. The molecular weight excluding hydrogens is 352 g/mol. The number of hydrogen-bond donors (Lipinski definition) is 2. The van der Waals surface area contributed by atoms with Gasteiger partial charge in [0.15, 0.2) is 5.11 Å². The van der Waals surface area contributed by atoms with Crippen LogP contribution in [0.4, 0.5) is 5.69 Å². The van der Waals surface area contributed by atoms with Crippen LogP contribution >= 0.6 is 23.8 Å². The molecule has 0 aliphatic carbocycles. The van der Waals surface area contributed by atoms with Crippen LogP contribution < -0.4 is 10.7 Å². The molecule has 0 unspecified atom stereocenters. The maximum atomic E-state index is 6.13. The molecule has 2 N–H and O–H groups in total. The number of hydrogen-bond acceptors (Lipinski definition) is 3. The van der Waals surface area contributed by atoms with E-state index in [-0.39, 0.29) is 0 Å². The fourth-order valence-electron chi connectivity index (χ4n) is 2.19. The van der Waals surface area contributed by atoms with Gasteiger partial charge in [-0.05, 0) is 36.5 Å². The summed E-state index contributed by atoms with van der Waals surface area (Å²) in [4.78, 5) is 4.38. The molecule has 4 nitrogen and oxygen atoms in total. The molecule has 0 radical (unpaired) electrons. The van der Waals surface area contributed by atoms with E-state index in [0.29, 0.717) is 15.8 Å². The van der Waals surface area contributed by atoms with E-state index in [9.17, 15) is 0 Å². The molecule has 3 rings (SSSR count). The second-order valence-electron chi connectivity index (χ2n) is 5.09. The molecule has 25 heavy (non-hydrogen) atoms. The first kappa shape index (κ1) is 17.1. The van der Waals surface area contributed by atoms with Gasteiger partial charge in [0.1, 0.15) is 5.71 Å². The Bertz CT molecular complexity index is 841. The molecule has 0 atom stereocenters. The molecule has 0 amide bonds. The fraction of sp³-hybridized carbons (Fsp3) is 0. The van der Waals surface area contributed by atoms with Crippen LogP contribution in [0.3, 0.4) is 0 Å². The number of rotatable bonds is 4. The quantitative estimate of drug-likeness (QED) is 0.406. The molecule has 2 aromatic carbocycles. The molecule has 0 saturated carbocycles. The maximum Gasteiger partial charge on any atom is 0.191 e. The molecule has 0 spiro atoms. The SMILES string of the molecule is S=C(N/N=C(\c1ccccc1)c1ccccn1)Nc1ccccc1Cl. The van der Waals surface area contributed by atoms with Crippen LogP contribution in [0, 0.1) is 0 Å². The molecule has 0 fully saturated rings. The summed E-state index contributed by atoms with van der Waals surface area (Å²) in [6, 6.07) is 22.9.